The minimum absolute atomic E-state index is 0.567. The van der Waals surface area contributed by atoms with Crippen molar-refractivity contribution in [3.63, 3.8) is 0 Å². The first-order valence-electron chi connectivity index (χ1n) is 3.19. The summed E-state index contributed by atoms with van der Waals surface area (Å²) in [4.78, 5) is 20.5. The smallest absolute Gasteiger partial charge is 0.340 e. The van der Waals surface area contributed by atoms with Gasteiger partial charge in [-0.2, -0.15) is 0 Å². The lowest BCUT2D eigenvalue weighted by Crippen LogP contribution is -2.35. The molecule has 0 aliphatic rings. The first kappa shape index (κ1) is 10.8. The van der Waals surface area contributed by atoms with Crippen LogP contribution in [0.15, 0.2) is 0 Å². The number of ether oxygens (including phenoxy) is 1. The Morgan fingerprint density at radius 3 is 2.50 bits per heavy atom. The highest BCUT2D eigenvalue weighted by Gasteiger charge is 2.24. The van der Waals surface area contributed by atoms with Gasteiger partial charge in [0.25, 0.3) is 0 Å². The number of carbonyl (C=O) groups excluding carboxylic acids is 1. The molecule has 0 aliphatic heterocycles. The van der Waals surface area contributed by atoms with Gasteiger partial charge in [-0.15, -0.1) is 0 Å². The zero-order valence-corrected chi connectivity index (χ0v) is 6.49. The van der Waals surface area contributed by atoms with E-state index in [-0.39, 0.29) is 0 Å². The zero-order chi connectivity index (χ0) is 9.72. The summed E-state index contributed by atoms with van der Waals surface area (Å²) in [5, 5.41) is 8.24. The van der Waals surface area contributed by atoms with Crippen LogP contribution in [0.2, 0.25) is 0 Å². The van der Waals surface area contributed by atoms with Crippen LogP contribution in [0.4, 0.5) is 4.39 Å². The number of carboxylic acids is 1. The molecule has 0 bridgehead atoms. The molecule has 12 heavy (non-hydrogen) atoms. The zero-order valence-electron chi connectivity index (χ0n) is 6.49. The number of aliphatic carboxylic acids is 1. The molecule has 0 rings (SSSR count). The molecule has 0 fully saturated rings. The van der Waals surface area contributed by atoms with Gasteiger partial charge in [-0.1, -0.05) is 0 Å². The fourth-order valence-electron chi connectivity index (χ4n) is 0.548. The van der Waals surface area contributed by atoms with E-state index < -0.39 is 30.6 Å². The summed E-state index contributed by atoms with van der Waals surface area (Å²) >= 11 is 0. The molecule has 3 N–H and O–H groups in total. The number of rotatable bonds is 4. The predicted octanol–water partition coefficient (Wildman–Crippen LogP) is -0.701. The van der Waals surface area contributed by atoms with Crippen LogP contribution in [-0.2, 0) is 14.3 Å². The first-order valence-corrected chi connectivity index (χ1v) is 3.19. The summed E-state index contributed by atoms with van der Waals surface area (Å²) in [6.07, 6.45) is -2.54. The largest absolute Gasteiger partial charge is 0.480 e. The number of carbonyl (C=O) groups is 2. The third-order valence-electron chi connectivity index (χ3n) is 1.24. The van der Waals surface area contributed by atoms with Gasteiger partial charge >= 0.3 is 11.9 Å². The van der Waals surface area contributed by atoms with Crippen LogP contribution >= 0.6 is 0 Å². The van der Waals surface area contributed by atoms with E-state index in [1.165, 1.54) is 0 Å². The molecule has 5 nitrogen and oxygen atoms in total. The average molecular weight is 179 g/mol. The van der Waals surface area contributed by atoms with Crippen molar-refractivity contribution >= 4 is 11.9 Å². The molecule has 6 heteroatoms. The second kappa shape index (κ2) is 4.66. The molecule has 0 radical (unpaired) electrons. The standard InChI is InChI=1S/C6H10FNO4/c1-12-6(11)3(7)2-4(8)5(9)10/h3-4H,2,8H2,1H3,(H,9,10)/t3-,4+/m1/s1. The molecule has 70 valence electrons. The van der Waals surface area contributed by atoms with E-state index in [0.29, 0.717) is 0 Å². The maximum Gasteiger partial charge on any atom is 0.340 e. The Morgan fingerprint density at radius 1 is 1.67 bits per heavy atom. The van der Waals surface area contributed by atoms with Crippen molar-refractivity contribution in [1.29, 1.82) is 0 Å². The molecule has 0 aromatic heterocycles. The second-order valence-electron chi connectivity index (χ2n) is 2.17. The Labute approximate surface area is 68.3 Å². The van der Waals surface area contributed by atoms with E-state index in [1.54, 1.807) is 0 Å². The summed E-state index contributed by atoms with van der Waals surface area (Å²) in [5.74, 6) is -2.45. The molecular formula is C6H10FNO4. The monoisotopic (exact) mass is 179 g/mol. The number of esters is 1. The lowest BCUT2D eigenvalue weighted by molar-refractivity contribution is -0.147. The number of halogens is 1. The molecule has 0 amide bonds. The van der Waals surface area contributed by atoms with Crippen LogP contribution < -0.4 is 5.73 Å². The Balaban J connectivity index is 3.91. The van der Waals surface area contributed by atoms with Crippen molar-refractivity contribution < 1.29 is 23.8 Å². The van der Waals surface area contributed by atoms with E-state index in [0.717, 1.165) is 7.11 Å². The highest BCUT2D eigenvalue weighted by Crippen LogP contribution is 2.02. The number of carboxylic acid groups (broad SMARTS) is 1. The van der Waals surface area contributed by atoms with E-state index in [4.69, 9.17) is 10.8 Å². The molecule has 0 heterocycles. The van der Waals surface area contributed by atoms with E-state index in [2.05, 4.69) is 4.74 Å². The normalized spacial score (nSPS) is 14.9. The summed E-state index contributed by atoms with van der Waals surface area (Å²) in [6, 6.07) is -1.38. The van der Waals surface area contributed by atoms with Crippen LogP contribution in [-0.4, -0.2) is 36.4 Å². The maximum atomic E-state index is 12.6. The van der Waals surface area contributed by atoms with Crippen LogP contribution in [0.1, 0.15) is 6.42 Å². The number of nitrogens with two attached hydrogens (primary N) is 1. The van der Waals surface area contributed by atoms with Crippen LogP contribution in [0, 0.1) is 0 Å². The number of hydrogen-bond donors (Lipinski definition) is 2. The highest BCUT2D eigenvalue weighted by molar-refractivity contribution is 5.77. The van der Waals surface area contributed by atoms with Gasteiger partial charge in [0, 0.05) is 6.42 Å². The van der Waals surface area contributed by atoms with Crippen molar-refractivity contribution in [3.8, 4) is 0 Å². The maximum absolute atomic E-state index is 12.6. The summed E-state index contributed by atoms with van der Waals surface area (Å²) in [6.45, 7) is 0. The number of methoxy groups -OCH3 is 1. The molecular weight excluding hydrogens is 169 g/mol. The molecule has 0 aliphatic carbocycles. The Hall–Kier alpha value is -1.17. The molecule has 2 atom stereocenters. The lowest BCUT2D eigenvalue weighted by Gasteiger charge is -2.08. The molecule has 0 aromatic rings. The number of alkyl halides is 1. The molecule has 0 unspecified atom stereocenters. The quantitative estimate of drug-likeness (QED) is 0.557. The van der Waals surface area contributed by atoms with Gasteiger partial charge in [0.2, 0.25) is 0 Å². The van der Waals surface area contributed by atoms with Crippen molar-refractivity contribution in [2.24, 2.45) is 5.73 Å². The molecule has 0 saturated carbocycles. The van der Waals surface area contributed by atoms with Gasteiger partial charge < -0.3 is 15.6 Å². The second-order valence-corrected chi connectivity index (χ2v) is 2.17. The topological polar surface area (TPSA) is 89.6 Å². The van der Waals surface area contributed by atoms with Gasteiger partial charge in [0.1, 0.15) is 6.04 Å². The minimum Gasteiger partial charge on any atom is -0.480 e. The van der Waals surface area contributed by atoms with Crippen molar-refractivity contribution in [2.45, 2.75) is 18.6 Å². The van der Waals surface area contributed by atoms with Crippen LogP contribution in [0.25, 0.3) is 0 Å². The fraction of sp³-hybridized carbons (Fsp3) is 0.667. The molecule has 0 spiro atoms. The van der Waals surface area contributed by atoms with Gasteiger partial charge in [-0.3, -0.25) is 4.79 Å². The highest BCUT2D eigenvalue weighted by atomic mass is 19.1. The lowest BCUT2D eigenvalue weighted by atomic mass is 10.1. The minimum atomic E-state index is -1.97. The SMILES string of the molecule is COC(=O)[C@H](F)C[C@H](N)C(=O)O. The van der Waals surface area contributed by atoms with Crippen LogP contribution in [0.3, 0.4) is 0 Å². The van der Waals surface area contributed by atoms with E-state index >= 15 is 0 Å². The van der Waals surface area contributed by atoms with E-state index in [1.807, 2.05) is 0 Å². The van der Waals surface area contributed by atoms with Crippen molar-refractivity contribution in [1.82, 2.24) is 0 Å². The first-order chi connectivity index (χ1) is 5.49. The Kier molecular flexibility index (Phi) is 4.20. The summed E-state index contributed by atoms with van der Waals surface area (Å²) < 4.78 is 16.6. The molecule has 0 aromatic carbocycles. The fourth-order valence-corrected chi connectivity index (χ4v) is 0.548. The van der Waals surface area contributed by atoms with Gasteiger partial charge in [-0.25, -0.2) is 9.18 Å². The van der Waals surface area contributed by atoms with Gasteiger partial charge in [0.05, 0.1) is 7.11 Å². The Bertz CT molecular complexity index is 184. The summed E-state index contributed by atoms with van der Waals surface area (Å²) in [7, 11) is 1.02. The van der Waals surface area contributed by atoms with Gasteiger partial charge in [0.15, 0.2) is 6.17 Å². The van der Waals surface area contributed by atoms with Gasteiger partial charge in [-0.05, 0) is 0 Å². The molecule has 0 saturated heterocycles. The third-order valence-corrected chi connectivity index (χ3v) is 1.24. The predicted molar refractivity (Wildman–Crippen MR) is 37.1 cm³/mol. The van der Waals surface area contributed by atoms with Crippen molar-refractivity contribution in [2.75, 3.05) is 7.11 Å². The van der Waals surface area contributed by atoms with Crippen molar-refractivity contribution in [3.05, 3.63) is 0 Å². The number of hydrogen-bond acceptors (Lipinski definition) is 4. The van der Waals surface area contributed by atoms with E-state index in [9.17, 15) is 14.0 Å². The van der Waals surface area contributed by atoms with Crippen LogP contribution in [0.5, 0.6) is 0 Å². The summed E-state index contributed by atoms with van der Waals surface area (Å²) in [5.41, 5.74) is 4.96. The third kappa shape index (κ3) is 3.29. The Morgan fingerprint density at radius 2 is 2.17 bits per heavy atom. The average Bonchev–Trinajstić information content (AvgIpc) is 2.02.